The van der Waals surface area contributed by atoms with Crippen molar-refractivity contribution in [2.45, 2.75) is 16.2 Å². The van der Waals surface area contributed by atoms with Crippen LogP contribution in [-0.4, -0.2) is 15.8 Å². The fourth-order valence-corrected chi connectivity index (χ4v) is 2.37. The lowest BCUT2D eigenvalue weighted by Crippen LogP contribution is -2.18. The van der Waals surface area contributed by atoms with E-state index >= 15 is 0 Å². The number of nitrogen functional groups attached to an aromatic ring is 1. The maximum absolute atomic E-state index is 12.8. The van der Waals surface area contributed by atoms with Crippen molar-refractivity contribution in [3.63, 3.8) is 0 Å². The number of hydrogen-bond acceptors (Lipinski definition) is 4. The minimum atomic E-state index is -4.59. The van der Waals surface area contributed by atoms with Gasteiger partial charge in [-0.05, 0) is 18.2 Å². The van der Waals surface area contributed by atoms with Gasteiger partial charge in [0.15, 0.2) is 5.16 Å². The van der Waals surface area contributed by atoms with Crippen molar-refractivity contribution in [1.29, 1.82) is 5.41 Å². The molecule has 0 aliphatic rings. The summed E-state index contributed by atoms with van der Waals surface area (Å²) in [6.07, 6.45) is -3.30. The van der Waals surface area contributed by atoms with Crippen molar-refractivity contribution in [3.8, 4) is 0 Å². The van der Waals surface area contributed by atoms with Gasteiger partial charge in [0.2, 0.25) is 0 Å². The average Bonchev–Trinajstić information content (AvgIpc) is 2.37. The van der Waals surface area contributed by atoms with E-state index in [0.29, 0.717) is 4.90 Å². The molecule has 0 aliphatic carbocycles. The molecule has 2 rings (SSSR count). The van der Waals surface area contributed by atoms with E-state index in [2.05, 4.69) is 9.97 Å². The molecule has 21 heavy (non-hydrogen) atoms. The van der Waals surface area contributed by atoms with Gasteiger partial charge < -0.3 is 10.7 Å². The minimum absolute atomic E-state index is 0.233. The number of nitrogens with two attached hydrogens (primary N) is 1. The second-order valence-electron chi connectivity index (χ2n) is 3.96. The number of aromatic amines is 1. The molecule has 0 saturated carbocycles. The molecule has 0 bridgehead atoms. The molecule has 4 N–H and O–H groups in total. The molecular formula is C12H9F3N4OS. The highest BCUT2D eigenvalue weighted by Gasteiger charge is 2.34. The van der Waals surface area contributed by atoms with Gasteiger partial charge in [0, 0.05) is 22.7 Å². The zero-order valence-electron chi connectivity index (χ0n) is 10.4. The summed E-state index contributed by atoms with van der Waals surface area (Å²) in [5.74, 6) is -0.681. The Morgan fingerprint density at radius 3 is 2.62 bits per heavy atom. The van der Waals surface area contributed by atoms with Crippen LogP contribution in [0.25, 0.3) is 0 Å². The Balaban J connectivity index is 2.41. The van der Waals surface area contributed by atoms with Crippen LogP contribution in [0.15, 0.2) is 45.3 Å². The van der Waals surface area contributed by atoms with Crippen LogP contribution in [0, 0.1) is 5.41 Å². The molecule has 0 radical (unpaired) electrons. The van der Waals surface area contributed by atoms with Crippen molar-refractivity contribution in [3.05, 3.63) is 51.9 Å². The summed E-state index contributed by atoms with van der Waals surface area (Å²) in [4.78, 5) is 17.8. The predicted octanol–water partition coefficient (Wildman–Crippen LogP) is 2.22. The molecule has 5 nitrogen and oxygen atoms in total. The Morgan fingerprint density at radius 2 is 2.05 bits per heavy atom. The number of benzene rings is 1. The van der Waals surface area contributed by atoms with Crippen LogP contribution in [0.5, 0.6) is 0 Å². The molecule has 0 spiro atoms. The first-order chi connectivity index (χ1) is 9.77. The lowest BCUT2D eigenvalue weighted by Gasteiger charge is -2.13. The first-order valence-electron chi connectivity index (χ1n) is 5.56. The summed E-state index contributed by atoms with van der Waals surface area (Å²) >= 11 is 0.966. The molecule has 0 aliphatic heterocycles. The van der Waals surface area contributed by atoms with Gasteiger partial charge in [-0.25, -0.2) is 4.98 Å². The van der Waals surface area contributed by atoms with E-state index < -0.39 is 23.1 Å². The third-order valence-electron chi connectivity index (χ3n) is 2.45. The topological polar surface area (TPSA) is 95.6 Å². The summed E-state index contributed by atoms with van der Waals surface area (Å²) in [5.41, 5.74) is 3.44. The number of nitrogens with one attached hydrogen (secondary N) is 2. The Hall–Kier alpha value is -2.29. The molecular weight excluding hydrogens is 305 g/mol. The van der Waals surface area contributed by atoms with Crippen LogP contribution < -0.4 is 11.3 Å². The molecule has 0 atom stereocenters. The summed E-state index contributed by atoms with van der Waals surface area (Å²) < 4.78 is 38.4. The van der Waals surface area contributed by atoms with Crippen molar-refractivity contribution >= 4 is 17.6 Å². The summed E-state index contributed by atoms with van der Waals surface area (Å²) in [6, 6.07) is 4.44. The quantitative estimate of drug-likeness (QED) is 0.460. The van der Waals surface area contributed by atoms with E-state index in [0.717, 1.165) is 23.9 Å². The van der Waals surface area contributed by atoms with E-state index in [-0.39, 0.29) is 10.7 Å². The van der Waals surface area contributed by atoms with Gasteiger partial charge >= 0.3 is 6.18 Å². The maximum atomic E-state index is 12.8. The molecule has 0 saturated heterocycles. The van der Waals surface area contributed by atoms with Crippen molar-refractivity contribution < 1.29 is 13.2 Å². The number of alkyl halides is 3. The van der Waals surface area contributed by atoms with Crippen LogP contribution in [0.1, 0.15) is 11.1 Å². The molecule has 0 unspecified atom stereocenters. The third kappa shape index (κ3) is 3.63. The molecule has 110 valence electrons. The smallest absolute Gasteiger partial charge is 0.384 e. The van der Waals surface area contributed by atoms with Gasteiger partial charge in [0.05, 0.1) is 5.56 Å². The van der Waals surface area contributed by atoms with Crippen LogP contribution in [0.4, 0.5) is 13.2 Å². The van der Waals surface area contributed by atoms with Gasteiger partial charge in [-0.2, -0.15) is 13.2 Å². The minimum Gasteiger partial charge on any atom is -0.384 e. The van der Waals surface area contributed by atoms with Crippen molar-refractivity contribution in [1.82, 2.24) is 9.97 Å². The highest BCUT2D eigenvalue weighted by atomic mass is 32.2. The predicted molar refractivity (Wildman–Crippen MR) is 71.4 cm³/mol. The van der Waals surface area contributed by atoms with Crippen LogP contribution in [-0.2, 0) is 6.18 Å². The number of amidine groups is 1. The number of H-pyrrole nitrogens is 1. The van der Waals surface area contributed by atoms with Crippen LogP contribution >= 0.6 is 11.8 Å². The maximum Gasteiger partial charge on any atom is 0.417 e. The lowest BCUT2D eigenvalue weighted by atomic mass is 10.1. The fourth-order valence-electron chi connectivity index (χ4n) is 1.57. The first kappa shape index (κ1) is 15.1. The molecule has 0 fully saturated rings. The normalized spacial score (nSPS) is 11.4. The zero-order chi connectivity index (χ0) is 15.6. The molecule has 9 heteroatoms. The molecule has 2 aromatic rings. The van der Waals surface area contributed by atoms with Gasteiger partial charge in [-0.15, -0.1) is 0 Å². The third-order valence-corrected chi connectivity index (χ3v) is 3.34. The Kier molecular flexibility index (Phi) is 4.03. The monoisotopic (exact) mass is 314 g/mol. The highest BCUT2D eigenvalue weighted by molar-refractivity contribution is 7.99. The van der Waals surface area contributed by atoms with Crippen LogP contribution in [0.2, 0.25) is 0 Å². The summed E-state index contributed by atoms with van der Waals surface area (Å²) in [6.45, 7) is 0. The highest BCUT2D eigenvalue weighted by Crippen LogP contribution is 2.34. The SMILES string of the molecule is N=C(N)c1cc(Sc2nccc(=O)[nH]2)ccc1C(F)(F)F. The lowest BCUT2D eigenvalue weighted by molar-refractivity contribution is -0.137. The summed E-state index contributed by atoms with van der Waals surface area (Å²) in [7, 11) is 0. The van der Waals surface area contributed by atoms with Gasteiger partial charge in [0.1, 0.15) is 5.84 Å². The number of halogens is 3. The van der Waals surface area contributed by atoms with Crippen LogP contribution in [0.3, 0.4) is 0 Å². The number of rotatable bonds is 3. The second kappa shape index (κ2) is 5.60. The largest absolute Gasteiger partial charge is 0.417 e. The van der Waals surface area contributed by atoms with Crippen molar-refractivity contribution in [2.75, 3.05) is 0 Å². The Labute approximate surface area is 120 Å². The molecule has 1 aromatic heterocycles. The van der Waals surface area contributed by atoms with E-state index in [1.807, 2.05) is 0 Å². The van der Waals surface area contributed by atoms with Gasteiger partial charge in [0.25, 0.3) is 5.56 Å². The average molecular weight is 314 g/mol. The fraction of sp³-hybridized carbons (Fsp3) is 0.0833. The summed E-state index contributed by atoms with van der Waals surface area (Å²) in [5, 5.41) is 7.49. The van der Waals surface area contributed by atoms with E-state index in [1.165, 1.54) is 18.3 Å². The van der Waals surface area contributed by atoms with E-state index in [9.17, 15) is 18.0 Å². The van der Waals surface area contributed by atoms with E-state index in [1.54, 1.807) is 0 Å². The number of aromatic nitrogens is 2. The number of nitrogens with zero attached hydrogens (tertiary/aromatic N) is 1. The molecule has 1 aromatic carbocycles. The molecule has 1 heterocycles. The second-order valence-corrected chi connectivity index (χ2v) is 5.02. The van der Waals surface area contributed by atoms with E-state index in [4.69, 9.17) is 11.1 Å². The number of hydrogen-bond donors (Lipinski definition) is 3. The van der Waals surface area contributed by atoms with Gasteiger partial charge in [-0.3, -0.25) is 10.2 Å². The van der Waals surface area contributed by atoms with Crippen molar-refractivity contribution in [2.24, 2.45) is 5.73 Å². The first-order valence-corrected chi connectivity index (χ1v) is 6.38. The molecule has 0 amide bonds. The Bertz CT molecular complexity index is 742. The zero-order valence-corrected chi connectivity index (χ0v) is 11.2. The van der Waals surface area contributed by atoms with Gasteiger partial charge in [-0.1, -0.05) is 11.8 Å². The standard InChI is InChI=1S/C12H9F3N4OS/c13-12(14,15)8-2-1-6(5-7(8)10(16)17)21-11-18-4-3-9(20)19-11/h1-5H,(H3,16,17)(H,18,19,20). The Morgan fingerprint density at radius 1 is 1.33 bits per heavy atom.